The zero-order valence-corrected chi connectivity index (χ0v) is 29.5. The van der Waals surface area contributed by atoms with Crippen molar-refractivity contribution < 1.29 is 151 Å². The van der Waals surface area contributed by atoms with E-state index >= 15 is 0 Å². The third-order valence-electron chi connectivity index (χ3n) is 1.30. The van der Waals surface area contributed by atoms with Crippen LogP contribution in [0.2, 0.25) is 0 Å². The van der Waals surface area contributed by atoms with Crippen molar-refractivity contribution in [1.82, 2.24) is 0 Å². The van der Waals surface area contributed by atoms with Crippen LogP contribution in [0.3, 0.4) is 0 Å². The molecule has 0 heterocycles. The summed E-state index contributed by atoms with van der Waals surface area (Å²) in [6.45, 7) is -12.1. The highest BCUT2D eigenvalue weighted by Gasteiger charge is 2.28. The summed E-state index contributed by atoms with van der Waals surface area (Å²) in [4.78, 5) is 11.5. The van der Waals surface area contributed by atoms with Crippen molar-refractivity contribution in [3.05, 3.63) is 0 Å². The molecular weight excluding hydrogens is 1150 g/mol. The molecule has 0 aliphatic heterocycles. The van der Waals surface area contributed by atoms with Gasteiger partial charge >= 0.3 is 37.1 Å². The highest BCUT2D eigenvalue weighted by Crippen LogP contribution is 2.16. The Labute approximate surface area is 452 Å². The third kappa shape index (κ3) is 1100. The molecule has 0 aliphatic rings. The van der Waals surface area contributed by atoms with Gasteiger partial charge in [0.1, 0.15) is 6.67 Å². The van der Waals surface area contributed by atoms with E-state index in [9.17, 15) is 132 Å². The van der Waals surface area contributed by atoms with Gasteiger partial charge in [0.25, 0.3) is 6.04 Å². The van der Waals surface area contributed by atoms with E-state index in [-0.39, 0.29) is 168 Å². The lowest BCUT2D eigenvalue weighted by Crippen LogP contribution is -2.08. The van der Waals surface area contributed by atoms with Crippen LogP contribution in [0.25, 0.3) is 0 Å². The summed E-state index contributed by atoms with van der Waals surface area (Å²) in [5, 5.41) is 0. The van der Waals surface area contributed by atoms with E-state index < -0.39 is 90.0 Å². The second-order valence-electron chi connectivity index (χ2n) is 6.46. The molecule has 0 bridgehead atoms. The molecule has 0 saturated carbocycles. The Kier molecular flexibility index (Phi) is 456. The van der Waals surface area contributed by atoms with Crippen LogP contribution >= 0.6 is 0 Å². The number of ether oxygens (including phenoxy) is 2. The maximum Gasteiger partial charge on any atom is 0.416 e. The number of carbonyl (C=O) groups excluding carboxylic acids is 1. The molecule has 0 spiro atoms. The van der Waals surface area contributed by atoms with Crippen LogP contribution < -0.4 is 0 Å². The van der Waals surface area contributed by atoms with Crippen molar-refractivity contribution >= 4 is 6.04 Å². The van der Waals surface area contributed by atoms with E-state index in [1.807, 2.05) is 0 Å². The molecule has 0 radical (unpaired) electrons. The van der Waals surface area contributed by atoms with Gasteiger partial charge in [0.15, 0.2) is 46.9 Å². The molecule has 0 aromatic rings. The molecule has 0 aromatic carbocycles. The first kappa shape index (κ1) is 223. The van der Waals surface area contributed by atoms with Crippen LogP contribution in [0.15, 0.2) is 0 Å². The first-order chi connectivity index (χ1) is 25.3. The summed E-state index contributed by atoms with van der Waals surface area (Å²) in [5.74, 6) is 0. The monoisotopic (exact) mass is 1270 g/mol. The average Bonchev–Trinajstić information content (AvgIpc) is 3.06. The van der Waals surface area contributed by atoms with Crippen molar-refractivity contribution in [2.24, 2.45) is 0 Å². The molecule has 0 atom stereocenters. The van der Waals surface area contributed by atoms with Crippen LogP contribution in [-0.4, -0.2) is 138 Å². The van der Waals surface area contributed by atoms with Crippen molar-refractivity contribution in [2.45, 2.75) is 199 Å². The van der Waals surface area contributed by atoms with E-state index in [4.69, 9.17) is 4.79 Å². The molecule has 0 N–H and O–H groups in total. The van der Waals surface area contributed by atoms with E-state index in [0.717, 1.165) is 14.0 Å². The van der Waals surface area contributed by atoms with Gasteiger partial charge in [-0.3, -0.25) is 13.6 Å². The molecule has 0 aromatic heterocycles. The highest BCUT2D eigenvalue weighted by molar-refractivity contribution is 5.64. The zero-order valence-electron chi connectivity index (χ0n) is 29.5. The van der Waals surface area contributed by atoms with Gasteiger partial charge in [-0.05, 0) is 11.4 Å². The SMILES string of the molecule is C.C.C.C.C.C.C.C.C.C.C.C.C.C.C.C.C.C.C.C.CC(=O)F.CCF.CF.COCCF.COCF.COF.FCC(F)(F)F.FCC(F)(F)F.FCC(F)(F)F.FCC(F)(F)F.FCC(F)(F)F.FCC(F)(F)F. The predicted octanol–water partition coefficient (Wildman–Crippen LogP) is 25.6. The smallest absolute Gasteiger partial charge is 0.382 e. The Bertz CT molecular complexity index is 550. The Morgan fingerprint density at radius 1 is 0.338 bits per heavy atom. The van der Waals surface area contributed by atoms with Crippen molar-refractivity contribution in [2.75, 3.05) is 95.4 Å². The van der Waals surface area contributed by atoms with Gasteiger partial charge in [0.05, 0.1) is 27.6 Å². The minimum absolute atomic E-state index is 0. The Morgan fingerprint density at radius 2 is 0.403 bits per heavy atom. The number of hydrogen-bond donors (Lipinski definition) is 0. The minimum Gasteiger partial charge on any atom is -0.382 e. The van der Waals surface area contributed by atoms with Gasteiger partial charge in [0.2, 0.25) is 0 Å². The van der Waals surface area contributed by atoms with Gasteiger partial charge < -0.3 is 9.47 Å². The first-order valence-corrected chi connectivity index (χ1v) is 12.4. The molecule has 0 unspecified atom stereocenters. The molecule has 0 saturated heterocycles. The number of carbonyl (C=O) groups is 1. The fraction of sp³-hybridized carbons (Fsp3) is 0.977. The summed E-state index contributed by atoms with van der Waals surface area (Å²) < 4.78 is 319. The second kappa shape index (κ2) is 158. The fourth-order valence-corrected chi connectivity index (χ4v) is 0.0772. The number of methoxy groups -OCH3 is 2. The molecule has 0 rings (SSSR count). The quantitative estimate of drug-likeness (QED) is 0.209. The number of alkyl halides is 28. The van der Waals surface area contributed by atoms with Gasteiger partial charge in [-0.1, -0.05) is 149 Å². The van der Waals surface area contributed by atoms with E-state index in [2.05, 4.69) is 14.4 Å². The molecule has 0 fully saturated rings. The molecule has 0 aliphatic carbocycles. The largest absolute Gasteiger partial charge is 0.416 e. The van der Waals surface area contributed by atoms with Gasteiger partial charge in [0, 0.05) is 21.1 Å². The highest BCUT2D eigenvalue weighted by atomic mass is 19.4. The Balaban J connectivity index is -0.00000000942. The lowest BCUT2D eigenvalue weighted by atomic mass is 10.8. The van der Waals surface area contributed by atoms with Crippen LogP contribution in [0.5, 0.6) is 0 Å². The summed E-state index contributed by atoms with van der Waals surface area (Å²) in [7, 11) is 4.24. The van der Waals surface area contributed by atoms with E-state index in [1.54, 1.807) is 0 Å². The summed E-state index contributed by atoms with van der Waals surface area (Å²) in [6, 6.07) is -1.33. The molecule has 524 valence electrons. The maximum absolute atomic E-state index is 10.9. The molecule has 0 amide bonds. The lowest BCUT2D eigenvalue weighted by Gasteiger charge is -1.93. The molecular formula is C43H118F30O4. The Hall–Kier alpha value is -2.55. The average molecular weight is 1270 g/mol. The summed E-state index contributed by atoms with van der Waals surface area (Å²) >= 11 is 0. The van der Waals surface area contributed by atoms with Crippen LogP contribution in [0.1, 0.15) is 162 Å². The third-order valence-corrected chi connectivity index (χ3v) is 1.30. The number of hydrogen-bond acceptors (Lipinski definition) is 4. The van der Waals surface area contributed by atoms with Crippen LogP contribution in [-0.2, 0) is 19.2 Å². The molecule has 4 nitrogen and oxygen atoms in total. The normalized spacial score (nSPS) is 7.43. The summed E-state index contributed by atoms with van der Waals surface area (Å²) in [5.41, 5.74) is 0. The topological polar surface area (TPSA) is 44.8 Å². The first-order valence-electron chi connectivity index (χ1n) is 12.4. The standard InChI is InChI=1S/C3H7FO.6C2H2F4.C2H5FO.C2H3FO.C2H5F.CH3FO.CH3F.20CH4/c1-5-3-2-4;6*3-1-2(4,5)6;1-4-2-3;1-2(3)4;1-2-3;1-3-2;1-2;;;;;;;;;;;;;;;;;;;;/h2-3H2,1H3;6*1H2;2H2,1H3;1H3;2H2,1H3;1H3;1H3;20*1H4. The number of rotatable bonds is 3. The maximum atomic E-state index is 10.9. The lowest BCUT2D eigenvalue weighted by molar-refractivity contribution is -0.142. The van der Waals surface area contributed by atoms with Crippen LogP contribution in [0, 0.1) is 0 Å². The van der Waals surface area contributed by atoms with Crippen LogP contribution in [0.4, 0.5) is 132 Å². The van der Waals surface area contributed by atoms with Gasteiger partial charge in [-0.2, -0.15) is 88.4 Å². The molecule has 77 heavy (non-hydrogen) atoms. The zero-order chi connectivity index (χ0) is 49.8. The molecule has 34 heteroatoms. The van der Waals surface area contributed by atoms with Crippen molar-refractivity contribution in [1.29, 1.82) is 0 Å². The second-order valence-corrected chi connectivity index (χ2v) is 6.46. The van der Waals surface area contributed by atoms with Crippen molar-refractivity contribution in [3.8, 4) is 0 Å². The van der Waals surface area contributed by atoms with Gasteiger partial charge in [-0.25, -0.2) is 35.1 Å². The van der Waals surface area contributed by atoms with Crippen molar-refractivity contribution in [3.63, 3.8) is 0 Å². The van der Waals surface area contributed by atoms with Gasteiger partial charge in [-0.15, -0.1) is 0 Å². The predicted molar refractivity (Wildman–Crippen MR) is 276 cm³/mol. The minimum atomic E-state index is -4.62. The number of halogens is 30. The van der Waals surface area contributed by atoms with E-state index in [1.165, 1.54) is 21.1 Å². The Morgan fingerprint density at radius 3 is 0.403 bits per heavy atom. The fourth-order valence-electron chi connectivity index (χ4n) is 0.0772. The summed E-state index contributed by atoms with van der Waals surface area (Å²) in [6.07, 6.45) is -27.8. The van der Waals surface area contributed by atoms with E-state index in [0.29, 0.717) is 7.18 Å².